The van der Waals surface area contributed by atoms with Gasteiger partial charge in [-0.1, -0.05) is 18.2 Å². The van der Waals surface area contributed by atoms with Crippen LogP contribution in [0, 0.1) is 10.1 Å². The minimum absolute atomic E-state index is 0.0870. The van der Waals surface area contributed by atoms with Crippen LogP contribution in [0.2, 0.25) is 0 Å². The first-order valence-corrected chi connectivity index (χ1v) is 10.4. The number of hydrogen-bond donors (Lipinski definition) is 1. The van der Waals surface area contributed by atoms with Crippen LogP contribution < -0.4 is 10.2 Å². The molecule has 1 aliphatic heterocycles. The van der Waals surface area contributed by atoms with Crippen molar-refractivity contribution in [1.29, 1.82) is 0 Å². The van der Waals surface area contributed by atoms with E-state index < -0.39 is 4.92 Å². The molecular weight excluding hydrogens is 390 g/mol. The number of fused-ring (bicyclic) bond motifs is 1. The smallest absolute Gasteiger partial charge is 0.270 e. The molecule has 0 atom stereocenters. The summed E-state index contributed by atoms with van der Waals surface area (Å²) in [5.41, 5.74) is 2.14. The van der Waals surface area contributed by atoms with Crippen LogP contribution in [0.4, 0.5) is 11.4 Å². The van der Waals surface area contributed by atoms with Gasteiger partial charge in [0.2, 0.25) is 0 Å². The van der Waals surface area contributed by atoms with Gasteiger partial charge in [-0.25, -0.2) is 0 Å². The molecule has 7 nitrogen and oxygen atoms in total. The molecule has 3 aromatic rings. The highest BCUT2D eigenvalue weighted by Crippen LogP contribution is 2.27. The molecule has 4 rings (SSSR count). The normalized spacial score (nSPS) is 14.1. The first-order valence-electron chi connectivity index (χ1n) is 9.48. The van der Waals surface area contributed by atoms with Crippen molar-refractivity contribution in [3.63, 3.8) is 0 Å². The number of morpholine rings is 1. The summed E-state index contributed by atoms with van der Waals surface area (Å²) in [6, 6.07) is 12.7. The lowest BCUT2D eigenvalue weighted by molar-refractivity contribution is -0.384. The van der Waals surface area contributed by atoms with Crippen molar-refractivity contribution in [1.82, 2.24) is 5.32 Å². The molecule has 29 heavy (non-hydrogen) atoms. The number of nitrogens with zero attached hydrogens (tertiary/aromatic N) is 2. The van der Waals surface area contributed by atoms with Crippen LogP contribution in [-0.2, 0) is 11.2 Å². The summed E-state index contributed by atoms with van der Waals surface area (Å²) in [5.74, 6) is -0.297. The van der Waals surface area contributed by atoms with E-state index in [1.807, 2.05) is 17.0 Å². The van der Waals surface area contributed by atoms with Crippen molar-refractivity contribution in [2.45, 2.75) is 6.42 Å². The second-order valence-corrected chi connectivity index (χ2v) is 7.73. The Morgan fingerprint density at radius 2 is 2.00 bits per heavy atom. The summed E-state index contributed by atoms with van der Waals surface area (Å²) in [5, 5.41) is 17.5. The van der Waals surface area contributed by atoms with Crippen LogP contribution in [0.5, 0.6) is 0 Å². The fourth-order valence-electron chi connectivity index (χ4n) is 3.53. The number of benzene rings is 2. The number of anilines is 1. The fourth-order valence-corrected chi connectivity index (χ4v) is 4.53. The van der Waals surface area contributed by atoms with Gasteiger partial charge in [-0.15, -0.1) is 11.3 Å². The van der Waals surface area contributed by atoms with Crippen LogP contribution in [-0.4, -0.2) is 43.7 Å². The Morgan fingerprint density at radius 3 is 2.79 bits per heavy atom. The number of non-ortho nitro benzene ring substituents is 1. The average molecular weight is 411 g/mol. The zero-order chi connectivity index (χ0) is 20.2. The van der Waals surface area contributed by atoms with E-state index in [1.165, 1.54) is 27.8 Å². The SMILES string of the molecule is O=C(NCCc1csc2ccccc12)c1cc([N+](=O)[O-])ccc1N1CCOCC1. The van der Waals surface area contributed by atoms with E-state index in [0.717, 1.165) is 0 Å². The average Bonchev–Trinajstić information content (AvgIpc) is 3.17. The summed E-state index contributed by atoms with van der Waals surface area (Å²) in [6.07, 6.45) is 0.706. The minimum atomic E-state index is -0.475. The molecule has 0 bridgehead atoms. The predicted molar refractivity (Wildman–Crippen MR) is 114 cm³/mol. The highest BCUT2D eigenvalue weighted by molar-refractivity contribution is 7.17. The van der Waals surface area contributed by atoms with Crippen molar-refractivity contribution >= 4 is 38.7 Å². The maximum absolute atomic E-state index is 12.9. The number of ether oxygens (including phenoxy) is 1. The van der Waals surface area contributed by atoms with Gasteiger partial charge in [-0.3, -0.25) is 14.9 Å². The monoisotopic (exact) mass is 411 g/mol. The molecular formula is C21H21N3O4S. The van der Waals surface area contributed by atoms with Gasteiger partial charge in [0.15, 0.2) is 0 Å². The molecule has 1 amide bonds. The summed E-state index contributed by atoms with van der Waals surface area (Å²) in [7, 11) is 0. The van der Waals surface area contributed by atoms with Crippen LogP contribution >= 0.6 is 11.3 Å². The predicted octanol–water partition coefficient (Wildman–Crippen LogP) is 3.62. The van der Waals surface area contributed by atoms with Crippen molar-refractivity contribution in [2.24, 2.45) is 0 Å². The van der Waals surface area contributed by atoms with Crippen molar-refractivity contribution in [3.8, 4) is 0 Å². The molecule has 1 aliphatic rings. The largest absolute Gasteiger partial charge is 0.378 e. The Labute approximate surface area is 172 Å². The third-order valence-electron chi connectivity index (χ3n) is 5.03. The van der Waals surface area contributed by atoms with Gasteiger partial charge in [0, 0.05) is 36.5 Å². The molecule has 1 fully saturated rings. The second-order valence-electron chi connectivity index (χ2n) is 6.82. The molecule has 0 unspecified atom stereocenters. The van der Waals surface area contributed by atoms with Gasteiger partial charge in [0.05, 0.1) is 29.4 Å². The number of carbonyl (C=O) groups excluding carboxylic acids is 1. The van der Waals surface area contributed by atoms with E-state index in [2.05, 4.69) is 22.8 Å². The molecule has 0 aliphatic carbocycles. The molecule has 1 saturated heterocycles. The molecule has 1 aromatic heterocycles. The second kappa shape index (κ2) is 8.59. The maximum Gasteiger partial charge on any atom is 0.270 e. The van der Waals surface area contributed by atoms with E-state index in [9.17, 15) is 14.9 Å². The molecule has 0 radical (unpaired) electrons. The summed E-state index contributed by atoms with van der Waals surface area (Å²) >= 11 is 1.69. The number of nitro groups is 1. The lowest BCUT2D eigenvalue weighted by atomic mass is 10.1. The number of rotatable bonds is 6. The molecule has 1 N–H and O–H groups in total. The van der Waals surface area contributed by atoms with E-state index in [-0.39, 0.29) is 11.6 Å². The number of carbonyl (C=O) groups is 1. The molecule has 2 aromatic carbocycles. The highest BCUT2D eigenvalue weighted by atomic mass is 32.1. The van der Waals surface area contributed by atoms with Gasteiger partial charge in [-0.2, -0.15) is 0 Å². The van der Waals surface area contributed by atoms with E-state index in [1.54, 1.807) is 17.4 Å². The topological polar surface area (TPSA) is 84.7 Å². The third kappa shape index (κ3) is 4.23. The Kier molecular flexibility index (Phi) is 5.73. The van der Waals surface area contributed by atoms with E-state index in [0.29, 0.717) is 50.5 Å². The summed E-state index contributed by atoms with van der Waals surface area (Å²) < 4.78 is 6.60. The molecule has 8 heteroatoms. The Balaban J connectivity index is 1.50. The lowest BCUT2D eigenvalue weighted by Gasteiger charge is -2.30. The highest BCUT2D eigenvalue weighted by Gasteiger charge is 2.22. The molecule has 150 valence electrons. The molecule has 2 heterocycles. The third-order valence-corrected chi connectivity index (χ3v) is 6.04. The first kappa shape index (κ1) is 19.4. The van der Waals surface area contributed by atoms with Crippen LogP contribution in [0.3, 0.4) is 0 Å². The fraction of sp³-hybridized carbons (Fsp3) is 0.286. The van der Waals surface area contributed by atoms with Crippen LogP contribution in [0.1, 0.15) is 15.9 Å². The Hall–Kier alpha value is -2.97. The van der Waals surface area contributed by atoms with Gasteiger partial charge in [-0.05, 0) is 34.9 Å². The lowest BCUT2D eigenvalue weighted by Crippen LogP contribution is -2.38. The van der Waals surface area contributed by atoms with Crippen LogP contribution in [0.15, 0.2) is 47.8 Å². The van der Waals surface area contributed by atoms with Crippen molar-refractivity contribution in [3.05, 3.63) is 69.1 Å². The van der Waals surface area contributed by atoms with Gasteiger partial charge in [0.1, 0.15) is 0 Å². The number of amides is 1. The summed E-state index contributed by atoms with van der Waals surface area (Å²) in [6.45, 7) is 2.91. The quantitative estimate of drug-likeness (QED) is 0.495. The number of hydrogen-bond acceptors (Lipinski definition) is 6. The zero-order valence-electron chi connectivity index (χ0n) is 15.8. The van der Waals surface area contributed by atoms with E-state index in [4.69, 9.17) is 4.74 Å². The number of nitro benzene ring substituents is 1. The number of nitrogens with one attached hydrogen (secondary N) is 1. The Bertz CT molecular complexity index is 1040. The Morgan fingerprint density at radius 1 is 1.21 bits per heavy atom. The first-order chi connectivity index (χ1) is 14.1. The maximum atomic E-state index is 12.9. The van der Waals surface area contributed by atoms with Gasteiger partial charge < -0.3 is 15.0 Å². The summed E-state index contributed by atoms with van der Waals surface area (Å²) in [4.78, 5) is 25.6. The number of thiophene rings is 1. The van der Waals surface area contributed by atoms with Crippen molar-refractivity contribution < 1.29 is 14.5 Å². The molecule has 0 spiro atoms. The van der Waals surface area contributed by atoms with Gasteiger partial charge >= 0.3 is 0 Å². The van der Waals surface area contributed by atoms with Gasteiger partial charge in [0.25, 0.3) is 11.6 Å². The zero-order valence-corrected chi connectivity index (χ0v) is 16.6. The molecule has 0 saturated carbocycles. The minimum Gasteiger partial charge on any atom is -0.378 e. The van der Waals surface area contributed by atoms with Crippen molar-refractivity contribution in [2.75, 3.05) is 37.7 Å². The van der Waals surface area contributed by atoms with Crippen LogP contribution in [0.25, 0.3) is 10.1 Å². The van der Waals surface area contributed by atoms with E-state index >= 15 is 0 Å². The standard InChI is InChI=1S/C21H21N3O4S/c25-21(22-8-7-15-14-29-20-4-2-1-3-17(15)20)18-13-16(24(26)27)5-6-19(18)23-9-11-28-12-10-23/h1-6,13-14H,7-12H2,(H,22,25).